The molecule has 182 valence electrons. The molecule has 4 amide bonds. The van der Waals surface area contributed by atoms with E-state index in [4.69, 9.17) is 0 Å². The van der Waals surface area contributed by atoms with Crippen LogP contribution >= 0.6 is 0 Å². The van der Waals surface area contributed by atoms with E-state index in [1.165, 1.54) is 14.1 Å². The number of aromatic nitrogens is 1. The summed E-state index contributed by atoms with van der Waals surface area (Å²) in [5.41, 5.74) is 2.23. The largest absolute Gasteiger partial charge is 0.347 e. The molecule has 0 spiro atoms. The van der Waals surface area contributed by atoms with Gasteiger partial charge in [0.05, 0.1) is 0 Å². The predicted octanol–water partition coefficient (Wildman–Crippen LogP) is 4.84. The Labute approximate surface area is 208 Å². The van der Waals surface area contributed by atoms with Gasteiger partial charge in [0.2, 0.25) is 11.8 Å². The molecule has 1 aliphatic heterocycles. The fraction of sp³-hybridized carbons (Fsp3) is 0.241. The molecule has 4 aromatic rings. The molecule has 0 radical (unpaired) electrons. The molecular formula is C29H27N3O4. The molecule has 1 unspecified atom stereocenters. The zero-order valence-electron chi connectivity index (χ0n) is 20.5. The Kier molecular flexibility index (Phi) is 5.92. The van der Waals surface area contributed by atoms with Gasteiger partial charge in [0.25, 0.3) is 0 Å². The average molecular weight is 482 g/mol. The van der Waals surface area contributed by atoms with E-state index in [2.05, 4.69) is 0 Å². The van der Waals surface area contributed by atoms with Gasteiger partial charge in [-0.1, -0.05) is 60.7 Å². The highest BCUT2D eigenvalue weighted by atomic mass is 16.2. The van der Waals surface area contributed by atoms with Crippen LogP contribution in [0.2, 0.25) is 0 Å². The number of urea groups is 1. The van der Waals surface area contributed by atoms with Crippen LogP contribution < -0.4 is 0 Å². The molecule has 2 heterocycles. The summed E-state index contributed by atoms with van der Waals surface area (Å²) in [5, 5.41) is 2.80. The molecule has 3 aromatic carbocycles. The van der Waals surface area contributed by atoms with Gasteiger partial charge in [0.1, 0.15) is 5.92 Å². The van der Waals surface area contributed by atoms with E-state index < -0.39 is 29.7 Å². The molecule has 36 heavy (non-hydrogen) atoms. The maximum absolute atomic E-state index is 13.8. The van der Waals surface area contributed by atoms with Crippen LogP contribution in [0.15, 0.2) is 72.9 Å². The minimum atomic E-state index is -1.18. The lowest BCUT2D eigenvalue weighted by molar-refractivity contribution is -0.148. The van der Waals surface area contributed by atoms with E-state index in [0.29, 0.717) is 17.7 Å². The zero-order valence-corrected chi connectivity index (χ0v) is 20.5. The molecule has 1 aliphatic rings. The van der Waals surface area contributed by atoms with Crippen molar-refractivity contribution in [2.45, 2.75) is 25.8 Å². The summed E-state index contributed by atoms with van der Waals surface area (Å²) in [6.07, 6.45) is 1.80. The summed E-state index contributed by atoms with van der Waals surface area (Å²) in [5.74, 6) is -3.25. The van der Waals surface area contributed by atoms with Gasteiger partial charge < -0.3 is 4.57 Å². The lowest BCUT2D eigenvalue weighted by Gasteiger charge is -2.36. The Hall–Kier alpha value is -4.26. The summed E-state index contributed by atoms with van der Waals surface area (Å²) in [6.45, 7) is 2.72. The number of para-hydroxylation sites is 1. The van der Waals surface area contributed by atoms with E-state index in [9.17, 15) is 19.2 Å². The first-order valence-electron chi connectivity index (χ1n) is 12.0. The highest BCUT2D eigenvalue weighted by molar-refractivity contribution is 6.17. The first kappa shape index (κ1) is 23.5. The molecule has 0 aliphatic carbocycles. The number of Topliss-reactive ketones (excluding diaryl/α,β-unsaturated/α-hetero) is 1. The van der Waals surface area contributed by atoms with Crippen LogP contribution in [0, 0.1) is 5.92 Å². The van der Waals surface area contributed by atoms with Gasteiger partial charge in [-0.05, 0) is 29.3 Å². The van der Waals surface area contributed by atoms with Crippen LogP contribution in [0.5, 0.6) is 0 Å². The number of barbiturate groups is 1. The third-order valence-corrected chi connectivity index (χ3v) is 7.21. The van der Waals surface area contributed by atoms with Gasteiger partial charge in [-0.25, -0.2) is 4.79 Å². The van der Waals surface area contributed by atoms with Gasteiger partial charge in [-0.2, -0.15) is 0 Å². The normalized spacial score (nSPS) is 15.8. The minimum absolute atomic E-state index is 0.0475. The summed E-state index contributed by atoms with van der Waals surface area (Å²) in [7, 11) is 2.74. The van der Waals surface area contributed by atoms with Crippen LogP contribution in [0.3, 0.4) is 0 Å². The van der Waals surface area contributed by atoms with Gasteiger partial charge in [0.15, 0.2) is 5.78 Å². The average Bonchev–Trinajstić information content (AvgIpc) is 3.29. The molecule has 0 N–H and O–H groups in total. The van der Waals surface area contributed by atoms with Crippen molar-refractivity contribution in [2.75, 3.05) is 14.1 Å². The summed E-state index contributed by atoms with van der Waals surface area (Å²) in [4.78, 5) is 54.7. The van der Waals surface area contributed by atoms with E-state index >= 15 is 0 Å². The van der Waals surface area contributed by atoms with Crippen molar-refractivity contribution in [3.05, 3.63) is 84.1 Å². The molecule has 0 bridgehead atoms. The summed E-state index contributed by atoms with van der Waals surface area (Å²) < 4.78 is 2.02. The van der Waals surface area contributed by atoms with E-state index in [-0.39, 0.29) is 12.2 Å². The number of ketones is 1. The molecule has 1 atom stereocenters. The topological polar surface area (TPSA) is 79.7 Å². The Bertz CT molecular complexity index is 1510. The standard InChI is InChI=1S/C29H27N3O4/c1-4-32-17-23(21-11-7-8-12-24(21)32)25(33)16-22(20-14-13-18-9-5-6-10-19(18)15-20)26-27(34)30(2)29(36)31(3)28(26)35/h5-15,17,22,26H,4,16H2,1-3H3. The number of benzene rings is 3. The second kappa shape index (κ2) is 9.07. The number of imide groups is 2. The zero-order chi connectivity index (χ0) is 25.6. The molecule has 1 aromatic heterocycles. The minimum Gasteiger partial charge on any atom is -0.347 e. The lowest BCUT2D eigenvalue weighted by atomic mass is 9.78. The number of amides is 4. The van der Waals surface area contributed by atoms with Crippen LogP contribution in [-0.4, -0.2) is 52.1 Å². The Balaban J connectivity index is 1.61. The Morgan fingerprint density at radius 2 is 1.50 bits per heavy atom. The first-order valence-corrected chi connectivity index (χ1v) is 12.0. The maximum Gasteiger partial charge on any atom is 0.332 e. The number of carbonyl (C=O) groups excluding carboxylic acids is 4. The van der Waals surface area contributed by atoms with Crippen molar-refractivity contribution in [1.82, 2.24) is 14.4 Å². The van der Waals surface area contributed by atoms with Gasteiger partial charge in [-0.3, -0.25) is 24.2 Å². The second-order valence-electron chi connectivity index (χ2n) is 9.24. The van der Waals surface area contributed by atoms with Crippen molar-refractivity contribution >= 4 is 45.3 Å². The fourth-order valence-electron chi connectivity index (χ4n) is 5.19. The maximum atomic E-state index is 13.8. The quantitative estimate of drug-likeness (QED) is 0.292. The monoisotopic (exact) mass is 481 g/mol. The third-order valence-electron chi connectivity index (χ3n) is 7.21. The van der Waals surface area contributed by atoms with Crippen molar-refractivity contribution in [2.24, 2.45) is 5.92 Å². The number of hydrogen-bond donors (Lipinski definition) is 0. The van der Waals surface area contributed by atoms with Crippen molar-refractivity contribution in [1.29, 1.82) is 0 Å². The van der Waals surface area contributed by atoms with Crippen LogP contribution in [0.25, 0.3) is 21.7 Å². The molecule has 1 fully saturated rings. The first-order chi connectivity index (χ1) is 17.3. The Morgan fingerprint density at radius 3 is 2.19 bits per heavy atom. The molecule has 0 saturated carbocycles. The molecule has 5 rings (SSSR count). The van der Waals surface area contributed by atoms with E-state index in [0.717, 1.165) is 31.5 Å². The van der Waals surface area contributed by atoms with Crippen molar-refractivity contribution in [3.63, 3.8) is 0 Å². The Morgan fingerprint density at radius 1 is 0.861 bits per heavy atom. The van der Waals surface area contributed by atoms with Gasteiger partial charge >= 0.3 is 6.03 Å². The number of rotatable bonds is 6. The van der Waals surface area contributed by atoms with Crippen molar-refractivity contribution < 1.29 is 19.2 Å². The molecule has 7 nitrogen and oxygen atoms in total. The molecular weight excluding hydrogens is 454 g/mol. The summed E-state index contributed by atoms with van der Waals surface area (Å²) >= 11 is 0. The van der Waals surface area contributed by atoms with E-state index in [1.807, 2.05) is 84.4 Å². The predicted molar refractivity (Wildman–Crippen MR) is 138 cm³/mol. The van der Waals surface area contributed by atoms with Crippen LogP contribution in [-0.2, 0) is 16.1 Å². The molecule has 7 heteroatoms. The van der Waals surface area contributed by atoms with Gasteiger partial charge in [-0.15, -0.1) is 0 Å². The smallest absolute Gasteiger partial charge is 0.332 e. The van der Waals surface area contributed by atoms with Crippen LogP contribution in [0.1, 0.15) is 35.2 Å². The van der Waals surface area contributed by atoms with E-state index in [1.54, 1.807) is 0 Å². The lowest BCUT2D eigenvalue weighted by Crippen LogP contribution is -2.58. The fourth-order valence-corrected chi connectivity index (χ4v) is 5.19. The SMILES string of the molecule is CCn1cc(C(=O)CC(c2ccc3ccccc3c2)C2C(=O)N(C)C(=O)N(C)C2=O)c2ccccc21. The summed E-state index contributed by atoms with van der Waals surface area (Å²) in [6, 6.07) is 20.6. The molecule has 1 saturated heterocycles. The second-order valence-corrected chi connectivity index (χ2v) is 9.24. The van der Waals surface area contributed by atoms with Crippen LogP contribution in [0.4, 0.5) is 4.79 Å². The number of hydrogen-bond acceptors (Lipinski definition) is 4. The third kappa shape index (κ3) is 3.77. The highest BCUT2D eigenvalue weighted by Crippen LogP contribution is 2.37. The van der Waals surface area contributed by atoms with Gasteiger partial charge in [0, 0.05) is 55.6 Å². The number of nitrogens with zero attached hydrogens (tertiary/aromatic N) is 3. The van der Waals surface area contributed by atoms with Crippen molar-refractivity contribution in [3.8, 4) is 0 Å². The number of aryl methyl sites for hydroxylation is 1. The number of fused-ring (bicyclic) bond motifs is 2. The highest BCUT2D eigenvalue weighted by Gasteiger charge is 2.47. The number of carbonyl (C=O) groups is 4.